The Balaban J connectivity index is 2.23. The molecule has 2 aliphatic heterocycles. The summed E-state index contributed by atoms with van der Waals surface area (Å²) in [5.41, 5.74) is 0. The van der Waals surface area contributed by atoms with Crippen LogP contribution in [0.15, 0.2) is 12.2 Å². The number of ether oxygens (including phenoxy) is 2. The van der Waals surface area contributed by atoms with Gasteiger partial charge in [0, 0.05) is 6.04 Å². The minimum absolute atomic E-state index is 0.00537. The van der Waals surface area contributed by atoms with Gasteiger partial charge in [-0.2, -0.15) is 5.26 Å². The monoisotopic (exact) mass is 325 g/mol. The lowest BCUT2D eigenvalue weighted by Gasteiger charge is -2.35. The molecule has 0 bridgehead atoms. The molecular weight excluding hydrogens is 299 g/mol. The molecule has 7 heteroatoms. The summed E-state index contributed by atoms with van der Waals surface area (Å²) in [6.07, 6.45) is 4.41. The first-order chi connectivity index (χ1) is 10.9. The van der Waals surface area contributed by atoms with Crippen LogP contribution in [0.3, 0.4) is 0 Å². The van der Waals surface area contributed by atoms with E-state index in [1.54, 1.807) is 0 Å². The summed E-state index contributed by atoms with van der Waals surface area (Å²) in [6, 6.07) is 2.22. The Kier molecular flexibility index (Phi) is 5.48. The standard InChI is InChI=1S/C15H24BN2O3S/c1-5-6-10-7-11(8-17)18(4)13(10)14(21-22-16)12-9-19-15(2,3)20-12/h5-6,10-14,16H,7,9H2,1-4H3/b6-5-/t10-,11?,12-,13-,14-/m1/s1/i16T. The summed E-state index contributed by atoms with van der Waals surface area (Å²) in [6.45, 7) is 6.19. The Morgan fingerprint density at radius 3 is 2.95 bits per heavy atom. The van der Waals surface area contributed by atoms with Crippen molar-refractivity contribution in [1.82, 2.24) is 4.90 Å². The predicted molar refractivity (Wildman–Crippen MR) is 88.4 cm³/mol. The fraction of sp³-hybridized carbons (Fsp3) is 0.800. The zero-order valence-electron chi connectivity index (χ0n) is 14.6. The maximum atomic E-state index is 9.39. The average Bonchev–Trinajstić information content (AvgIpc) is 3.01. The molecule has 1 unspecified atom stereocenters. The van der Waals surface area contributed by atoms with Crippen LogP contribution in [0.1, 0.15) is 27.2 Å². The predicted octanol–water partition coefficient (Wildman–Crippen LogP) is 1.78. The number of rotatable bonds is 6. The van der Waals surface area contributed by atoms with E-state index in [0.29, 0.717) is 6.61 Å². The molecule has 0 spiro atoms. The van der Waals surface area contributed by atoms with Crippen LogP contribution in [0.25, 0.3) is 0 Å². The highest BCUT2D eigenvalue weighted by Gasteiger charge is 2.49. The highest BCUT2D eigenvalue weighted by molar-refractivity contribution is 8.15. The molecule has 0 saturated carbocycles. The third-order valence-electron chi connectivity index (χ3n) is 4.38. The average molecular weight is 325 g/mol. The van der Waals surface area contributed by atoms with Crippen molar-refractivity contribution in [2.24, 2.45) is 5.92 Å². The molecule has 5 nitrogen and oxygen atoms in total. The molecule has 2 rings (SSSR count). The molecule has 0 aliphatic carbocycles. The van der Waals surface area contributed by atoms with E-state index in [1.165, 1.54) is 0 Å². The van der Waals surface area contributed by atoms with Crippen molar-refractivity contribution >= 4 is 19.0 Å². The molecule has 22 heavy (non-hydrogen) atoms. The maximum Gasteiger partial charge on any atom is 0.209 e. The van der Waals surface area contributed by atoms with Crippen molar-refractivity contribution in [2.75, 3.05) is 13.7 Å². The molecule has 1 radical (unpaired) electrons. The first kappa shape index (κ1) is 16.3. The molecule has 2 aliphatic rings. The fourth-order valence-corrected chi connectivity index (χ4v) is 3.78. The summed E-state index contributed by atoms with van der Waals surface area (Å²) in [5, 5.41) is 9.39. The molecule has 0 aromatic heterocycles. The number of nitriles is 1. The van der Waals surface area contributed by atoms with Gasteiger partial charge in [-0.1, -0.05) is 24.0 Å². The van der Waals surface area contributed by atoms with Crippen LogP contribution in [0.5, 0.6) is 0 Å². The van der Waals surface area contributed by atoms with Gasteiger partial charge in [-0.25, -0.2) is 0 Å². The number of hydrogen-bond donors (Lipinski definition) is 0. The van der Waals surface area contributed by atoms with E-state index in [4.69, 9.17) is 15.0 Å². The van der Waals surface area contributed by atoms with Gasteiger partial charge in [0.25, 0.3) is 0 Å². The lowest BCUT2D eigenvalue weighted by molar-refractivity contribution is -0.152. The number of likely N-dealkylation sites (tertiary alicyclic amines) is 1. The maximum absolute atomic E-state index is 9.39. The van der Waals surface area contributed by atoms with E-state index >= 15 is 0 Å². The first-order valence-electron chi connectivity index (χ1n) is 8.09. The van der Waals surface area contributed by atoms with Crippen LogP contribution in [0.4, 0.5) is 0 Å². The van der Waals surface area contributed by atoms with Gasteiger partial charge >= 0.3 is 0 Å². The van der Waals surface area contributed by atoms with Gasteiger partial charge in [0.05, 0.1) is 18.7 Å². The van der Waals surface area contributed by atoms with E-state index in [9.17, 15) is 5.26 Å². The summed E-state index contributed by atoms with van der Waals surface area (Å²) in [5.74, 6) is -0.429. The van der Waals surface area contributed by atoms with Gasteiger partial charge in [-0.15, -0.1) is 0 Å². The highest BCUT2D eigenvalue weighted by atomic mass is 32.2. The van der Waals surface area contributed by atoms with Gasteiger partial charge in [-0.05, 0) is 41.5 Å². The van der Waals surface area contributed by atoms with Gasteiger partial charge < -0.3 is 13.7 Å². The zero-order valence-corrected chi connectivity index (χ0v) is 14.4. The van der Waals surface area contributed by atoms with Crippen molar-refractivity contribution < 1.29 is 13.7 Å². The van der Waals surface area contributed by atoms with Crippen molar-refractivity contribution in [2.45, 2.75) is 57.3 Å². The van der Waals surface area contributed by atoms with Crippen LogP contribution in [0, 0.1) is 17.2 Å². The van der Waals surface area contributed by atoms with E-state index in [2.05, 4.69) is 17.0 Å². The quantitative estimate of drug-likeness (QED) is 0.421. The van der Waals surface area contributed by atoms with Gasteiger partial charge in [0.2, 0.25) is 7.09 Å². The molecule has 0 aromatic rings. The molecule has 2 saturated heterocycles. The second kappa shape index (κ2) is 7.37. The van der Waals surface area contributed by atoms with Crippen molar-refractivity contribution in [3.8, 4) is 6.07 Å². The minimum atomic E-state index is -0.635. The zero-order chi connectivity index (χ0) is 17.0. The number of allylic oxidation sites excluding steroid dienone is 1. The third kappa shape index (κ3) is 3.69. The SMILES string of the molecule is [3H][B]SO[C@@H]([C@H]1[C@H](/C=C\C)CC(C#N)N1C)[C@H]1COC(C)(C)O1. The lowest BCUT2D eigenvalue weighted by atomic mass is 9.92. The second-order valence-electron chi connectivity index (χ2n) is 6.25. The van der Waals surface area contributed by atoms with Gasteiger partial charge in [0.15, 0.2) is 5.79 Å². The molecule has 0 amide bonds. The lowest BCUT2D eigenvalue weighted by Crippen LogP contribution is -2.49. The number of nitrogens with zero attached hydrogens (tertiary/aromatic N) is 2. The highest BCUT2D eigenvalue weighted by Crippen LogP contribution is 2.37. The van der Waals surface area contributed by atoms with E-state index < -0.39 is 5.79 Å². The summed E-state index contributed by atoms with van der Waals surface area (Å²) < 4.78 is 24.8. The summed E-state index contributed by atoms with van der Waals surface area (Å²) in [7, 11) is 3.11. The molecule has 121 valence electrons. The third-order valence-corrected chi connectivity index (χ3v) is 4.72. The smallest absolute Gasteiger partial charge is 0.209 e. The van der Waals surface area contributed by atoms with Crippen LogP contribution >= 0.6 is 11.9 Å². The van der Waals surface area contributed by atoms with E-state index in [1.807, 2.05) is 33.9 Å². The second-order valence-corrected chi connectivity index (χ2v) is 6.64. The number of likely N-dealkylation sites (N-methyl/N-ethyl adjacent to an activating group) is 1. The Labute approximate surface area is 139 Å². The molecular formula is C15H24BN2O3S. The van der Waals surface area contributed by atoms with Crippen LogP contribution in [-0.2, 0) is 13.7 Å². The minimum Gasteiger partial charge on any atom is -0.348 e. The van der Waals surface area contributed by atoms with Crippen LogP contribution < -0.4 is 0 Å². The topological polar surface area (TPSA) is 54.7 Å². The molecule has 0 aromatic carbocycles. The first-order valence-corrected chi connectivity index (χ1v) is 8.32. The molecule has 5 atom stereocenters. The Hall–Kier alpha value is -0.515. The molecule has 2 fully saturated rings. The summed E-state index contributed by atoms with van der Waals surface area (Å²) in [4.78, 5) is 2.06. The Morgan fingerprint density at radius 1 is 1.64 bits per heavy atom. The van der Waals surface area contributed by atoms with Crippen LogP contribution in [0.2, 0.25) is 0 Å². The van der Waals surface area contributed by atoms with Crippen molar-refractivity contribution in [3.05, 3.63) is 12.2 Å². The van der Waals surface area contributed by atoms with Crippen LogP contribution in [-0.4, -0.2) is 57.1 Å². The Morgan fingerprint density at radius 2 is 2.41 bits per heavy atom. The molecule has 2 heterocycles. The largest absolute Gasteiger partial charge is 0.348 e. The van der Waals surface area contributed by atoms with E-state index in [0.717, 1.165) is 25.4 Å². The number of hydrogen-bond acceptors (Lipinski definition) is 6. The Bertz CT molecular complexity index is 474. The van der Waals surface area contributed by atoms with Crippen molar-refractivity contribution in [3.63, 3.8) is 0 Å². The van der Waals surface area contributed by atoms with Gasteiger partial charge in [-0.3, -0.25) is 4.90 Å². The van der Waals surface area contributed by atoms with Crippen molar-refractivity contribution in [1.29, 1.82) is 6.60 Å². The normalized spacial score (nSPS) is 37.1. The summed E-state index contributed by atoms with van der Waals surface area (Å²) >= 11 is 0.993. The molecule has 0 N–H and O–H groups in total. The van der Waals surface area contributed by atoms with Gasteiger partial charge in [0.1, 0.15) is 12.2 Å². The fourth-order valence-electron chi connectivity index (χ4n) is 3.41. The van der Waals surface area contributed by atoms with E-state index in [-0.39, 0.29) is 30.2 Å².